The SMILES string of the molecule is COc1nc(CNS(=O)(=O)c2ccc(OC)c(Cl)c2)nc(N(C)C)n1. The average molecular weight is 388 g/mol. The molecular weight excluding hydrogens is 370 g/mol. The maximum Gasteiger partial charge on any atom is 0.321 e. The van der Waals surface area contributed by atoms with E-state index in [9.17, 15) is 8.42 Å². The molecule has 0 aliphatic carbocycles. The Morgan fingerprint density at radius 1 is 1.16 bits per heavy atom. The number of hydrogen-bond donors (Lipinski definition) is 1. The van der Waals surface area contributed by atoms with E-state index in [2.05, 4.69) is 19.7 Å². The van der Waals surface area contributed by atoms with Crippen LogP contribution < -0.4 is 19.1 Å². The molecule has 1 N–H and O–H groups in total. The minimum Gasteiger partial charge on any atom is -0.495 e. The molecule has 0 bridgehead atoms. The standard InChI is InChI=1S/C14H18ClN5O4S/c1-20(2)13-17-12(18-14(19-13)24-4)8-16-25(21,22)9-5-6-11(23-3)10(15)7-9/h5-7,16H,8H2,1-4H3. The molecular formula is C14H18ClN5O4S. The molecule has 0 atom stereocenters. The predicted molar refractivity (Wildman–Crippen MR) is 92.7 cm³/mol. The molecule has 0 saturated carbocycles. The smallest absolute Gasteiger partial charge is 0.321 e. The molecule has 1 aromatic carbocycles. The number of anilines is 1. The van der Waals surface area contributed by atoms with Gasteiger partial charge in [-0.1, -0.05) is 11.6 Å². The van der Waals surface area contributed by atoms with Crippen LogP contribution in [0.4, 0.5) is 5.95 Å². The monoisotopic (exact) mass is 387 g/mol. The van der Waals surface area contributed by atoms with E-state index in [1.165, 1.54) is 32.4 Å². The van der Waals surface area contributed by atoms with Crippen LogP contribution >= 0.6 is 11.6 Å². The number of nitrogens with one attached hydrogen (secondary N) is 1. The van der Waals surface area contributed by atoms with Crippen molar-refractivity contribution in [2.75, 3.05) is 33.2 Å². The molecule has 0 amide bonds. The lowest BCUT2D eigenvalue weighted by atomic mass is 10.3. The topological polar surface area (TPSA) is 107 Å². The fraction of sp³-hybridized carbons (Fsp3) is 0.357. The highest BCUT2D eigenvalue weighted by Gasteiger charge is 2.17. The second-order valence-electron chi connectivity index (χ2n) is 5.05. The molecule has 0 aliphatic rings. The molecule has 25 heavy (non-hydrogen) atoms. The van der Waals surface area contributed by atoms with Crippen LogP contribution in [0, 0.1) is 0 Å². The number of benzene rings is 1. The van der Waals surface area contributed by atoms with Crippen molar-refractivity contribution >= 4 is 27.6 Å². The largest absolute Gasteiger partial charge is 0.495 e. The van der Waals surface area contributed by atoms with E-state index < -0.39 is 10.0 Å². The van der Waals surface area contributed by atoms with Crippen LogP contribution in [0.3, 0.4) is 0 Å². The van der Waals surface area contributed by atoms with Crippen LogP contribution in [-0.4, -0.2) is 51.7 Å². The summed E-state index contributed by atoms with van der Waals surface area (Å²) >= 11 is 5.98. The summed E-state index contributed by atoms with van der Waals surface area (Å²) in [4.78, 5) is 13.9. The highest BCUT2D eigenvalue weighted by atomic mass is 35.5. The number of ether oxygens (including phenoxy) is 2. The molecule has 0 radical (unpaired) electrons. The van der Waals surface area contributed by atoms with Crippen LogP contribution in [0.1, 0.15) is 5.82 Å². The van der Waals surface area contributed by atoms with Crippen LogP contribution in [0.15, 0.2) is 23.1 Å². The van der Waals surface area contributed by atoms with Crippen molar-refractivity contribution < 1.29 is 17.9 Å². The second-order valence-corrected chi connectivity index (χ2v) is 7.23. The summed E-state index contributed by atoms with van der Waals surface area (Å²) < 4.78 is 37.3. The van der Waals surface area contributed by atoms with Gasteiger partial charge in [-0.2, -0.15) is 15.0 Å². The Labute approximate surface area is 151 Å². The van der Waals surface area contributed by atoms with Crippen LogP contribution in [0.5, 0.6) is 11.8 Å². The normalized spacial score (nSPS) is 11.2. The summed E-state index contributed by atoms with van der Waals surface area (Å²) in [5.41, 5.74) is 0. The second kappa shape index (κ2) is 7.81. The van der Waals surface area contributed by atoms with Gasteiger partial charge in [-0.05, 0) is 18.2 Å². The maximum absolute atomic E-state index is 12.4. The molecule has 0 aliphatic heterocycles. The number of sulfonamides is 1. The third-order valence-corrected chi connectivity index (χ3v) is 4.78. The van der Waals surface area contributed by atoms with Gasteiger partial charge < -0.3 is 14.4 Å². The fourth-order valence-corrected chi connectivity index (χ4v) is 3.14. The Hall–Kier alpha value is -2.17. The van der Waals surface area contributed by atoms with Crippen LogP contribution in [0.2, 0.25) is 5.02 Å². The first-order valence-electron chi connectivity index (χ1n) is 7.06. The fourth-order valence-electron chi connectivity index (χ4n) is 1.81. The lowest BCUT2D eigenvalue weighted by Gasteiger charge is -2.12. The van der Waals surface area contributed by atoms with Crippen LogP contribution in [0.25, 0.3) is 0 Å². The Morgan fingerprint density at radius 2 is 1.88 bits per heavy atom. The van der Waals surface area contributed by atoms with Gasteiger partial charge >= 0.3 is 6.01 Å². The van der Waals surface area contributed by atoms with E-state index >= 15 is 0 Å². The molecule has 1 heterocycles. The van der Waals surface area contributed by atoms with Crippen molar-refractivity contribution in [1.82, 2.24) is 19.7 Å². The third kappa shape index (κ3) is 4.68. The van der Waals surface area contributed by atoms with E-state index in [0.29, 0.717) is 11.7 Å². The molecule has 1 aromatic heterocycles. The van der Waals surface area contributed by atoms with E-state index in [1.807, 2.05) is 0 Å². The van der Waals surface area contributed by atoms with Gasteiger partial charge in [-0.3, -0.25) is 0 Å². The molecule has 0 spiro atoms. The lowest BCUT2D eigenvalue weighted by Crippen LogP contribution is -2.25. The number of rotatable bonds is 7. The van der Waals surface area contributed by atoms with Gasteiger partial charge in [0.25, 0.3) is 0 Å². The first-order valence-corrected chi connectivity index (χ1v) is 8.92. The number of aromatic nitrogens is 3. The summed E-state index contributed by atoms with van der Waals surface area (Å²) in [6.07, 6.45) is 0. The number of methoxy groups -OCH3 is 2. The van der Waals surface area contributed by atoms with Crippen molar-refractivity contribution in [2.45, 2.75) is 11.4 Å². The molecule has 136 valence electrons. The zero-order valence-electron chi connectivity index (χ0n) is 14.1. The van der Waals surface area contributed by atoms with E-state index in [1.54, 1.807) is 19.0 Å². The van der Waals surface area contributed by atoms with E-state index in [-0.39, 0.29) is 28.3 Å². The van der Waals surface area contributed by atoms with Crippen molar-refractivity contribution in [3.63, 3.8) is 0 Å². The molecule has 2 aromatic rings. The summed E-state index contributed by atoms with van der Waals surface area (Å²) in [5.74, 6) is 0.964. The van der Waals surface area contributed by atoms with Gasteiger partial charge in [0.2, 0.25) is 16.0 Å². The highest BCUT2D eigenvalue weighted by molar-refractivity contribution is 7.89. The summed E-state index contributed by atoms with van der Waals surface area (Å²) in [5, 5.41) is 0.196. The molecule has 9 nitrogen and oxygen atoms in total. The van der Waals surface area contributed by atoms with Gasteiger partial charge in [-0.15, -0.1) is 0 Å². The first kappa shape index (κ1) is 19.2. The number of nitrogens with zero attached hydrogens (tertiary/aromatic N) is 4. The minimum atomic E-state index is -3.80. The van der Waals surface area contributed by atoms with Crippen molar-refractivity contribution in [3.05, 3.63) is 29.0 Å². The Balaban J connectivity index is 2.22. The summed E-state index contributed by atoms with van der Waals surface area (Å²) in [6, 6.07) is 4.28. The van der Waals surface area contributed by atoms with Gasteiger partial charge in [0.05, 0.1) is 30.7 Å². The van der Waals surface area contributed by atoms with Crippen LogP contribution in [-0.2, 0) is 16.6 Å². The summed E-state index contributed by atoms with van der Waals surface area (Å²) in [7, 11) is 2.57. The van der Waals surface area contributed by atoms with Gasteiger partial charge in [0, 0.05) is 14.1 Å². The molecule has 2 rings (SSSR count). The average Bonchev–Trinajstić information content (AvgIpc) is 2.59. The minimum absolute atomic E-state index is 0.00662. The quantitative estimate of drug-likeness (QED) is 0.752. The van der Waals surface area contributed by atoms with E-state index in [0.717, 1.165) is 0 Å². The lowest BCUT2D eigenvalue weighted by molar-refractivity contribution is 0.375. The van der Waals surface area contributed by atoms with Crippen molar-refractivity contribution in [3.8, 4) is 11.8 Å². The van der Waals surface area contributed by atoms with Crippen molar-refractivity contribution in [2.24, 2.45) is 0 Å². The van der Waals surface area contributed by atoms with Gasteiger partial charge in [0.1, 0.15) is 5.75 Å². The first-order chi connectivity index (χ1) is 11.8. The van der Waals surface area contributed by atoms with Crippen molar-refractivity contribution in [1.29, 1.82) is 0 Å². The van der Waals surface area contributed by atoms with Gasteiger partial charge in [0.15, 0.2) is 5.82 Å². The Morgan fingerprint density at radius 3 is 2.44 bits per heavy atom. The highest BCUT2D eigenvalue weighted by Crippen LogP contribution is 2.26. The molecule has 0 saturated heterocycles. The van der Waals surface area contributed by atoms with E-state index in [4.69, 9.17) is 21.1 Å². The Kier molecular flexibility index (Phi) is 5.98. The molecule has 0 fully saturated rings. The predicted octanol–water partition coefficient (Wildman–Crippen LogP) is 1.09. The third-order valence-electron chi connectivity index (χ3n) is 3.09. The number of halogens is 1. The zero-order chi connectivity index (χ0) is 18.6. The molecule has 0 unspecified atom stereocenters. The maximum atomic E-state index is 12.4. The van der Waals surface area contributed by atoms with Gasteiger partial charge in [-0.25, -0.2) is 13.1 Å². The summed E-state index contributed by atoms with van der Waals surface area (Å²) in [6.45, 7) is -0.133. The zero-order valence-corrected chi connectivity index (χ0v) is 15.7. The number of hydrogen-bond acceptors (Lipinski definition) is 8. The molecule has 11 heteroatoms. The Bertz CT molecular complexity index is 860.